The van der Waals surface area contributed by atoms with Crippen LogP contribution in [-0.4, -0.2) is 41.6 Å². The maximum Gasteiger partial charge on any atom is 0.135 e. The Kier molecular flexibility index (Phi) is 7.00. The predicted molar refractivity (Wildman–Crippen MR) is 121 cm³/mol. The smallest absolute Gasteiger partial charge is 0.135 e. The maximum atomic E-state index is 4.43. The second-order valence-electron chi connectivity index (χ2n) is 7.08. The van der Waals surface area contributed by atoms with Gasteiger partial charge in [0.05, 0.1) is 0 Å². The largest absolute Gasteiger partial charge is 0.372 e. The molecule has 3 rings (SSSR count). The van der Waals surface area contributed by atoms with Crippen molar-refractivity contribution >= 4 is 23.0 Å². The first-order valence-corrected chi connectivity index (χ1v) is 10.2. The van der Waals surface area contributed by atoms with Crippen molar-refractivity contribution in [3.8, 4) is 0 Å². The van der Waals surface area contributed by atoms with E-state index in [1.807, 2.05) is 30.6 Å². The van der Waals surface area contributed by atoms with E-state index in [9.17, 15) is 0 Å². The number of hydrogen-bond donors (Lipinski definition) is 1. The summed E-state index contributed by atoms with van der Waals surface area (Å²) < 4.78 is 0. The van der Waals surface area contributed by atoms with Crippen molar-refractivity contribution < 1.29 is 0 Å². The lowest BCUT2D eigenvalue weighted by Gasteiger charge is -2.22. The van der Waals surface area contributed by atoms with Crippen LogP contribution < -0.4 is 15.1 Å². The Morgan fingerprint density at radius 1 is 0.966 bits per heavy atom. The molecule has 1 aromatic carbocycles. The van der Waals surface area contributed by atoms with Gasteiger partial charge in [0.2, 0.25) is 0 Å². The predicted octanol–water partition coefficient (Wildman–Crippen LogP) is 4.45. The van der Waals surface area contributed by atoms with Gasteiger partial charge in [0, 0.05) is 56.5 Å². The van der Waals surface area contributed by atoms with Crippen molar-refractivity contribution in [2.75, 3.05) is 41.8 Å². The minimum Gasteiger partial charge on any atom is -0.372 e. The van der Waals surface area contributed by atoms with E-state index in [4.69, 9.17) is 0 Å². The Morgan fingerprint density at radius 2 is 1.72 bits per heavy atom. The Bertz CT molecular complexity index is 908. The monoisotopic (exact) mass is 390 g/mol. The molecule has 0 saturated carbocycles. The average Bonchev–Trinajstić information content (AvgIpc) is 2.75. The molecule has 0 amide bonds. The highest BCUT2D eigenvalue weighted by Crippen LogP contribution is 2.25. The standard InChI is InChI=1S/C23H30N6/c1-5-29(6-2)20-7-8-21(18(3)15-20)27-22-16-23(26-17-25-22)28(4)14-11-19-9-12-24-13-10-19/h7-10,12-13,15-17H,5-6,11,14H2,1-4H3,(H,25,26,27). The van der Waals surface area contributed by atoms with Crippen molar-refractivity contribution in [3.05, 3.63) is 66.2 Å². The second-order valence-corrected chi connectivity index (χ2v) is 7.08. The molecule has 0 spiro atoms. The zero-order valence-electron chi connectivity index (χ0n) is 17.8. The van der Waals surface area contributed by atoms with Gasteiger partial charge in [0.25, 0.3) is 0 Å². The molecular weight excluding hydrogens is 360 g/mol. The zero-order valence-corrected chi connectivity index (χ0v) is 17.8. The molecule has 0 atom stereocenters. The third kappa shape index (κ3) is 5.44. The molecule has 2 aromatic heterocycles. The lowest BCUT2D eigenvalue weighted by molar-refractivity contribution is 0.854. The van der Waals surface area contributed by atoms with Crippen LogP contribution in [0, 0.1) is 6.92 Å². The van der Waals surface area contributed by atoms with E-state index in [-0.39, 0.29) is 0 Å². The minimum atomic E-state index is 0.796. The molecule has 1 N–H and O–H groups in total. The molecule has 2 heterocycles. The summed E-state index contributed by atoms with van der Waals surface area (Å²) in [5.74, 6) is 1.69. The fourth-order valence-electron chi connectivity index (χ4n) is 3.30. The van der Waals surface area contributed by atoms with Crippen LogP contribution in [0.5, 0.6) is 0 Å². The summed E-state index contributed by atoms with van der Waals surface area (Å²) in [6.07, 6.45) is 6.21. The van der Waals surface area contributed by atoms with E-state index in [1.165, 1.54) is 16.8 Å². The van der Waals surface area contributed by atoms with Gasteiger partial charge in [-0.2, -0.15) is 0 Å². The minimum absolute atomic E-state index is 0.796. The first-order chi connectivity index (χ1) is 14.1. The summed E-state index contributed by atoms with van der Waals surface area (Å²) in [5, 5.41) is 3.44. The van der Waals surface area contributed by atoms with E-state index < -0.39 is 0 Å². The first kappa shape index (κ1) is 20.6. The quantitative estimate of drug-likeness (QED) is 0.583. The lowest BCUT2D eigenvalue weighted by Crippen LogP contribution is -2.22. The van der Waals surface area contributed by atoms with Crippen molar-refractivity contribution in [1.82, 2.24) is 15.0 Å². The van der Waals surface area contributed by atoms with E-state index in [1.54, 1.807) is 6.33 Å². The Labute approximate surface area is 173 Å². The first-order valence-electron chi connectivity index (χ1n) is 10.2. The molecule has 0 aliphatic carbocycles. The molecule has 6 nitrogen and oxygen atoms in total. The van der Waals surface area contributed by atoms with Crippen LogP contribution in [0.25, 0.3) is 0 Å². The fourth-order valence-corrected chi connectivity index (χ4v) is 3.30. The van der Waals surface area contributed by atoms with Crippen molar-refractivity contribution in [1.29, 1.82) is 0 Å². The third-order valence-corrected chi connectivity index (χ3v) is 5.13. The van der Waals surface area contributed by atoms with Crippen molar-refractivity contribution in [2.45, 2.75) is 27.2 Å². The lowest BCUT2D eigenvalue weighted by atomic mass is 10.1. The maximum absolute atomic E-state index is 4.43. The Hall–Kier alpha value is -3.15. The van der Waals surface area contributed by atoms with Crippen molar-refractivity contribution in [2.24, 2.45) is 0 Å². The highest BCUT2D eigenvalue weighted by atomic mass is 15.2. The van der Waals surface area contributed by atoms with Gasteiger partial charge in [-0.1, -0.05) is 0 Å². The van der Waals surface area contributed by atoms with Gasteiger partial charge in [0.1, 0.15) is 18.0 Å². The average molecular weight is 391 g/mol. The molecule has 0 fully saturated rings. The zero-order chi connectivity index (χ0) is 20.6. The van der Waals surface area contributed by atoms with Crippen LogP contribution in [0.4, 0.5) is 23.0 Å². The van der Waals surface area contributed by atoms with Crippen LogP contribution in [0.15, 0.2) is 55.1 Å². The molecular formula is C23H30N6. The summed E-state index contributed by atoms with van der Waals surface area (Å²) >= 11 is 0. The van der Waals surface area contributed by atoms with E-state index >= 15 is 0 Å². The number of hydrogen-bond acceptors (Lipinski definition) is 6. The van der Waals surface area contributed by atoms with Crippen molar-refractivity contribution in [3.63, 3.8) is 0 Å². The summed E-state index contributed by atoms with van der Waals surface area (Å²) in [7, 11) is 2.05. The number of benzene rings is 1. The fraction of sp³-hybridized carbons (Fsp3) is 0.348. The van der Waals surface area contributed by atoms with Crippen LogP contribution in [0.1, 0.15) is 25.0 Å². The topological polar surface area (TPSA) is 57.2 Å². The van der Waals surface area contributed by atoms with Gasteiger partial charge in [-0.25, -0.2) is 9.97 Å². The van der Waals surface area contributed by atoms with Crippen LogP contribution in [0.2, 0.25) is 0 Å². The summed E-state index contributed by atoms with van der Waals surface area (Å²) in [6, 6.07) is 12.6. The molecule has 0 radical (unpaired) electrons. The van der Waals surface area contributed by atoms with Gasteiger partial charge < -0.3 is 15.1 Å². The number of anilines is 4. The molecule has 6 heteroatoms. The Balaban J connectivity index is 1.68. The summed E-state index contributed by atoms with van der Waals surface area (Å²) in [4.78, 5) is 17.4. The van der Waals surface area contributed by atoms with Gasteiger partial charge >= 0.3 is 0 Å². The SMILES string of the molecule is CCN(CC)c1ccc(Nc2cc(N(C)CCc3ccncc3)ncn2)c(C)c1. The highest BCUT2D eigenvalue weighted by Gasteiger charge is 2.08. The van der Waals surface area contributed by atoms with Gasteiger partial charge in [0.15, 0.2) is 0 Å². The highest BCUT2D eigenvalue weighted by molar-refractivity contribution is 5.66. The number of pyridine rings is 1. The summed E-state index contributed by atoms with van der Waals surface area (Å²) in [6.45, 7) is 9.36. The number of nitrogens with one attached hydrogen (secondary N) is 1. The van der Waals surface area contributed by atoms with E-state index in [2.05, 4.69) is 76.1 Å². The number of aromatic nitrogens is 3. The molecule has 3 aromatic rings. The molecule has 152 valence electrons. The van der Waals surface area contributed by atoms with Gasteiger partial charge in [-0.15, -0.1) is 0 Å². The molecule has 0 aliphatic rings. The normalized spacial score (nSPS) is 10.6. The molecule has 0 bridgehead atoms. The number of likely N-dealkylation sites (N-methyl/N-ethyl adjacent to an activating group) is 1. The van der Waals surface area contributed by atoms with Crippen LogP contribution in [0.3, 0.4) is 0 Å². The third-order valence-electron chi connectivity index (χ3n) is 5.13. The molecule has 0 unspecified atom stereocenters. The van der Waals surface area contributed by atoms with Gasteiger partial charge in [-0.05, 0) is 68.7 Å². The van der Waals surface area contributed by atoms with E-state index in [0.717, 1.165) is 43.4 Å². The number of nitrogens with zero attached hydrogens (tertiary/aromatic N) is 5. The van der Waals surface area contributed by atoms with Crippen LogP contribution in [-0.2, 0) is 6.42 Å². The number of aryl methyl sites for hydroxylation is 1. The Morgan fingerprint density at radius 3 is 2.41 bits per heavy atom. The molecule has 0 aliphatic heterocycles. The van der Waals surface area contributed by atoms with Gasteiger partial charge in [-0.3, -0.25) is 4.98 Å². The summed E-state index contributed by atoms with van der Waals surface area (Å²) in [5.41, 5.74) is 4.77. The van der Waals surface area contributed by atoms with Crippen LogP contribution >= 0.6 is 0 Å². The van der Waals surface area contributed by atoms with E-state index in [0.29, 0.717) is 0 Å². The number of rotatable bonds is 9. The molecule has 0 saturated heterocycles. The second kappa shape index (κ2) is 9.87. The molecule has 29 heavy (non-hydrogen) atoms.